The average Bonchev–Trinajstić information content (AvgIpc) is 2.34. The fraction of sp³-hybridized carbons (Fsp3) is 0.429. The van der Waals surface area contributed by atoms with Crippen molar-refractivity contribution in [2.75, 3.05) is 0 Å². The van der Waals surface area contributed by atoms with Crippen LogP contribution in [0, 0.1) is 0 Å². The largest absolute Gasteiger partial charge is 0.448 e. The minimum Gasteiger partial charge on any atom is -0.448 e. The maximum Gasteiger partial charge on any atom is 0.193 e. The molecule has 2 nitrogen and oxygen atoms in total. The van der Waals surface area contributed by atoms with Gasteiger partial charge in [0.15, 0.2) is 5.22 Å². The molecule has 64 valence electrons. The van der Waals surface area contributed by atoms with Crippen LogP contribution in [0.5, 0.6) is 0 Å². The fourth-order valence-corrected chi connectivity index (χ4v) is 0.881. The van der Waals surface area contributed by atoms with Gasteiger partial charge in [0.25, 0.3) is 0 Å². The van der Waals surface area contributed by atoms with Crippen LogP contribution in [0.2, 0.25) is 5.22 Å². The van der Waals surface area contributed by atoms with Crippen LogP contribution in [0.25, 0.3) is 0 Å². The first-order valence-electron chi connectivity index (χ1n) is 3.25. The molecule has 1 atom stereocenters. The van der Waals surface area contributed by atoms with Gasteiger partial charge in [0.2, 0.25) is 0 Å². The Hall–Kier alpha value is -0.180. The minimum absolute atomic E-state index is 0. The van der Waals surface area contributed by atoms with E-state index in [1.54, 1.807) is 12.1 Å². The summed E-state index contributed by atoms with van der Waals surface area (Å²) >= 11 is 5.54. The summed E-state index contributed by atoms with van der Waals surface area (Å²) in [6.07, 6.45) is 0.865. The predicted molar refractivity (Wildman–Crippen MR) is 48.2 cm³/mol. The normalized spacial score (nSPS) is 12.3. The second kappa shape index (κ2) is 4.65. The monoisotopic (exact) mass is 195 g/mol. The van der Waals surface area contributed by atoms with Gasteiger partial charge in [0.05, 0.1) is 6.04 Å². The molecule has 0 aliphatic heterocycles. The van der Waals surface area contributed by atoms with E-state index in [2.05, 4.69) is 0 Å². The Bertz CT molecular complexity index is 212. The van der Waals surface area contributed by atoms with E-state index in [-0.39, 0.29) is 18.4 Å². The molecule has 0 spiro atoms. The summed E-state index contributed by atoms with van der Waals surface area (Å²) in [5, 5.41) is 0.402. The van der Waals surface area contributed by atoms with Crippen molar-refractivity contribution in [1.29, 1.82) is 0 Å². The van der Waals surface area contributed by atoms with Crippen molar-refractivity contribution in [3.63, 3.8) is 0 Å². The Kier molecular flexibility index (Phi) is 4.57. The third kappa shape index (κ3) is 2.73. The molecular formula is C7H11Cl2NO. The number of rotatable bonds is 2. The summed E-state index contributed by atoms with van der Waals surface area (Å²) in [4.78, 5) is 0. The second-order valence-electron chi connectivity index (χ2n) is 2.16. The van der Waals surface area contributed by atoms with Crippen molar-refractivity contribution in [1.82, 2.24) is 0 Å². The predicted octanol–water partition coefficient (Wildman–Crippen LogP) is 2.76. The molecule has 1 aromatic rings. The van der Waals surface area contributed by atoms with E-state index < -0.39 is 0 Å². The summed E-state index contributed by atoms with van der Waals surface area (Å²) in [6, 6.07) is 3.48. The number of halogens is 2. The number of nitrogens with two attached hydrogens (primary N) is 1. The molecule has 0 saturated heterocycles. The molecule has 0 amide bonds. The fourth-order valence-electron chi connectivity index (χ4n) is 0.729. The molecule has 0 saturated carbocycles. The zero-order valence-corrected chi connectivity index (χ0v) is 7.78. The molecule has 0 aromatic carbocycles. The second-order valence-corrected chi connectivity index (χ2v) is 2.53. The van der Waals surface area contributed by atoms with Gasteiger partial charge in [-0.15, -0.1) is 12.4 Å². The van der Waals surface area contributed by atoms with E-state index in [1.165, 1.54) is 0 Å². The highest BCUT2D eigenvalue weighted by atomic mass is 35.5. The first-order chi connectivity index (χ1) is 4.74. The first-order valence-corrected chi connectivity index (χ1v) is 3.62. The van der Waals surface area contributed by atoms with Crippen LogP contribution in [0.4, 0.5) is 0 Å². The summed E-state index contributed by atoms with van der Waals surface area (Å²) in [5.41, 5.74) is 5.66. The number of hydrogen-bond donors (Lipinski definition) is 1. The lowest BCUT2D eigenvalue weighted by Gasteiger charge is -2.02. The van der Waals surface area contributed by atoms with E-state index in [0.29, 0.717) is 5.22 Å². The zero-order valence-electron chi connectivity index (χ0n) is 6.21. The van der Waals surface area contributed by atoms with Crippen molar-refractivity contribution in [2.45, 2.75) is 19.4 Å². The van der Waals surface area contributed by atoms with Crippen molar-refractivity contribution >= 4 is 24.0 Å². The SMILES string of the molecule is CC[C@@H](N)c1ccc(Cl)o1.Cl. The molecule has 0 aliphatic rings. The van der Waals surface area contributed by atoms with Crippen molar-refractivity contribution < 1.29 is 4.42 Å². The zero-order chi connectivity index (χ0) is 7.56. The average molecular weight is 196 g/mol. The van der Waals surface area contributed by atoms with Gasteiger partial charge >= 0.3 is 0 Å². The van der Waals surface area contributed by atoms with E-state index in [9.17, 15) is 0 Å². The van der Waals surface area contributed by atoms with Crippen LogP contribution >= 0.6 is 24.0 Å². The molecule has 11 heavy (non-hydrogen) atoms. The number of furan rings is 1. The Morgan fingerprint density at radius 2 is 2.27 bits per heavy atom. The molecule has 0 unspecified atom stereocenters. The molecule has 0 aliphatic carbocycles. The van der Waals surface area contributed by atoms with E-state index in [4.69, 9.17) is 21.8 Å². The van der Waals surface area contributed by atoms with Gasteiger partial charge in [0.1, 0.15) is 5.76 Å². The molecule has 0 fully saturated rings. The van der Waals surface area contributed by atoms with E-state index in [0.717, 1.165) is 12.2 Å². The van der Waals surface area contributed by atoms with Crippen LogP contribution in [0.1, 0.15) is 25.1 Å². The van der Waals surface area contributed by atoms with Gasteiger partial charge < -0.3 is 10.2 Å². The molecule has 4 heteroatoms. The van der Waals surface area contributed by atoms with Crippen LogP contribution in [-0.2, 0) is 0 Å². The lowest BCUT2D eigenvalue weighted by Crippen LogP contribution is -2.06. The van der Waals surface area contributed by atoms with Gasteiger partial charge in [0, 0.05) is 0 Å². The van der Waals surface area contributed by atoms with Gasteiger partial charge in [-0.3, -0.25) is 0 Å². The highest BCUT2D eigenvalue weighted by Crippen LogP contribution is 2.19. The third-order valence-corrected chi connectivity index (χ3v) is 1.60. The standard InChI is InChI=1S/C7H10ClNO.ClH/c1-2-5(9)6-3-4-7(8)10-6;/h3-5H,2,9H2,1H3;1H/t5-;/m1./s1. The molecular weight excluding hydrogens is 185 g/mol. The molecule has 0 bridgehead atoms. The topological polar surface area (TPSA) is 39.2 Å². The minimum atomic E-state index is -0.0208. The highest BCUT2D eigenvalue weighted by molar-refractivity contribution is 6.28. The van der Waals surface area contributed by atoms with Crippen molar-refractivity contribution in [3.05, 3.63) is 23.1 Å². The maximum absolute atomic E-state index is 5.66. The Morgan fingerprint density at radius 3 is 2.64 bits per heavy atom. The number of hydrogen-bond acceptors (Lipinski definition) is 2. The Labute approximate surface area is 77.1 Å². The quantitative estimate of drug-likeness (QED) is 0.789. The summed E-state index contributed by atoms with van der Waals surface area (Å²) < 4.78 is 5.08. The van der Waals surface area contributed by atoms with Crippen molar-refractivity contribution in [3.8, 4) is 0 Å². The summed E-state index contributed by atoms with van der Waals surface area (Å²) in [6.45, 7) is 2.00. The van der Waals surface area contributed by atoms with Gasteiger partial charge in [-0.2, -0.15) is 0 Å². The molecule has 1 rings (SSSR count). The smallest absolute Gasteiger partial charge is 0.193 e. The molecule has 0 radical (unpaired) electrons. The molecule has 1 heterocycles. The summed E-state index contributed by atoms with van der Waals surface area (Å²) in [7, 11) is 0. The van der Waals surface area contributed by atoms with E-state index >= 15 is 0 Å². The van der Waals surface area contributed by atoms with Gasteiger partial charge in [-0.25, -0.2) is 0 Å². The van der Waals surface area contributed by atoms with Crippen LogP contribution in [0.3, 0.4) is 0 Å². The van der Waals surface area contributed by atoms with Gasteiger partial charge in [-0.1, -0.05) is 6.92 Å². The van der Waals surface area contributed by atoms with Crippen molar-refractivity contribution in [2.24, 2.45) is 5.73 Å². The lowest BCUT2D eigenvalue weighted by molar-refractivity contribution is 0.462. The summed E-state index contributed by atoms with van der Waals surface area (Å²) in [5.74, 6) is 0.757. The lowest BCUT2D eigenvalue weighted by atomic mass is 10.2. The third-order valence-electron chi connectivity index (χ3n) is 1.40. The first kappa shape index (κ1) is 10.8. The maximum atomic E-state index is 5.66. The van der Waals surface area contributed by atoms with Crippen LogP contribution in [-0.4, -0.2) is 0 Å². The molecule has 2 N–H and O–H groups in total. The Balaban J connectivity index is 0.000001000. The molecule has 1 aromatic heterocycles. The highest BCUT2D eigenvalue weighted by Gasteiger charge is 2.06. The Morgan fingerprint density at radius 1 is 1.64 bits per heavy atom. The van der Waals surface area contributed by atoms with Gasteiger partial charge in [-0.05, 0) is 30.2 Å². The van der Waals surface area contributed by atoms with E-state index in [1.807, 2.05) is 6.92 Å². The van der Waals surface area contributed by atoms with Crippen LogP contribution in [0.15, 0.2) is 16.5 Å². The van der Waals surface area contributed by atoms with Crippen LogP contribution < -0.4 is 5.73 Å².